The highest BCUT2D eigenvalue weighted by Crippen LogP contribution is 2.36. The number of Topliss-reactive ketones (excluding diaryl/α,β-unsaturated/α-hetero) is 1. The molecule has 0 bridgehead atoms. The fraction of sp³-hybridized carbons (Fsp3) is 0.250. The number of hydrogen-bond acceptors (Lipinski definition) is 6. The van der Waals surface area contributed by atoms with Crippen molar-refractivity contribution in [1.29, 1.82) is 0 Å². The Labute approximate surface area is 134 Å². The van der Waals surface area contributed by atoms with Gasteiger partial charge in [-0.25, -0.2) is 0 Å². The maximum atomic E-state index is 11.6. The predicted octanol–water partition coefficient (Wildman–Crippen LogP) is 4.35. The van der Waals surface area contributed by atoms with Gasteiger partial charge in [0.25, 0.3) is 0 Å². The molecule has 4 nitrogen and oxygen atoms in total. The molecule has 0 aliphatic rings. The highest BCUT2D eigenvalue weighted by Gasteiger charge is 2.16. The molecule has 0 spiro atoms. The van der Waals surface area contributed by atoms with Crippen LogP contribution in [0.5, 0.6) is 5.75 Å². The lowest BCUT2D eigenvalue weighted by atomic mass is 10.1. The SMILES string of the molecule is CSc1nnc(COc2c(C(C)=O)ccc(Cl)c2Cl)s1. The third-order valence-electron chi connectivity index (χ3n) is 2.39. The Morgan fingerprint density at radius 1 is 1.40 bits per heavy atom. The third kappa shape index (κ3) is 3.44. The summed E-state index contributed by atoms with van der Waals surface area (Å²) in [6.45, 7) is 1.64. The second-order valence-corrected chi connectivity index (χ2v) is 6.65. The molecule has 0 saturated carbocycles. The minimum atomic E-state index is -0.138. The first kappa shape index (κ1) is 15.6. The second-order valence-electron chi connectivity index (χ2n) is 3.75. The number of rotatable bonds is 5. The van der Waals surface area contributed by atoms with Crippen molar-refractivity contribution in [3.8, 4) is 5.75 Å². The van der Waals surface area contributed by atoms with Crippen LogP contribution in [0.2, 0.25) is 10.0 Å². The van der Waals surface area contributed by atoms with E-state index < -0.39 is 0 Å². The van der Waals surface area contributed by atoms with Crippen molar-refractivity contribution >= 4 is 52.1 Å². The molecule has 2 aromatic rings. The zero-order valence-electron chi connectivity index (χ0n) is 10.6. The summed E-state index contributed by atoms with van der Waals surface area (Å²) in [4.78, 5) is 11.6. The zero-order chi connectivity index (χ0) is 14.7. The molecule has 1 heterocycles. The van der Waals surface area contributed by atoms with Crippen LogP contribution < -0.4 is 4.74 Å². The van der Waals surface area contributed by atoms with E-state index in [-0.39, 0.29) is 23.2 Å². The molecule has 0 amide bonds. The number of ether oxygens (including phenoxy) is 1. The fourth-order valence-corrected chi connectivity index (χ4v) is 3.06. The van der Waals surface area contributed by atoms with Crippen LogP contribution in [-0.4, -0.2) is 22.2 Å². The van der Waals surface area contributed by atoms with E-state index in [1.807, 2.05) is 6.26 Å². The molecule has 0 N–H and O–H groups in total. The second kappa shape index (κ2) is 6.76. The third-order valence-corrected chi connectivity index (χ3v) is 5.05. The molecule has 2 rings (SSSR count). The van der Waals surface area contributed by atoms with Crippen LogP contribution in [0.25, 0.3) is 0 Å². The van der Waals surface area contributed by atoms with Crippen molar-refractivity contribution < 1.29 is 9.53 Å². The number of ketones is 1. The van der Waals surface area contributed by atoms with Gasteiger partial charge in [-0.1, -0.05) is 46.3 Å². The lowest BCUT2D eigenvalue weighted by Crippen LogP contribution is -2.02. The van der Waals surface area contributed by atoms with Crippen molar-refractivity contribution in [2.45, 2.75) is 17.9 Å². The number of benzene rings is 1. The molecule has 0 aliphatic heterocycles. The number of nitrogens with zero attached hydrogens (tertiary/aromatic N) is 2. The number of halogens is 2. The van der Waals surface area contributed by atoms with Crippen molar-refractivity contribution in [3.05, 3.63) is 32.7 Å². The Morgan fingerprint density at radius 2 is 2.15 bits per heavy atom. The van der Waals surface area contributed by atoms with Crippen LogP contribution >= 0.6 is 46.3 Å². The highest BCUT2D eigenvalue weighted by molar-refractivity contribution is 8.00. The van der Waals surface area contributed by atoms with Crippen LogP contribution in [0, 0.1) is 0 Å². The summed E-state index contributed by atoms with van der Waals surface area (Å²) in [5, 5.41) is 9.24. The minimum Gasteiger partial charge on any atom is -0.484 e. The molecule has 0 fully saturated rings. The Hall–Kier alpha value is -0.820. The van der Waals surface area contributed by atoms with Crippen molar-refractivity contribution in [2.75, 3.05) is 6.26 Å². The van der Waals surface area contributed by atoms with E-state index in [9.17, 15) is 4.79 Å². The molecule has 0 atom stereocenters. The van der Waals surface area contributed by atoms with E-state index in [1.54, 1.807) is 12.1 Å². The van der Waals surface area contributed by atoms with Crippen molar-refractivity contribution in [2.24, 2.45) is 0 Å². The minimum absolute atomic E-state index is 0.138. The van der Waals surface area contributed by atoms with Crippen LogP contribution in [-0.2, 0) is 6.61 Å². The quantitative estimate of drug-likeness (QED) is 0.593. The smallest absolute Gasteiger partial charge is 0.174 e. The normalized spacial score (nSPS) is 10.6. The Balaban J connectivity index is 2.23. The summed E-state index contributed by atoms with van der Waals surface area (Å²) in [5.41, 5.74) is 0.397. The summed E-state index contributed by atoms with van der Waals surface area (Å²) in [7, 11) is 0. The van der Waals surface area contributed by atoms with Gasteiger partial charge < -0.3 is 4.74 Å². The Morgan fingerprint density at radius 3 is 2.75 bits per heavy atom. The summed E-state index contributed by atoms with van der Waals surface area (Å²) >= 11 is 15.0. The van der Waals surface area contributed by atoms with E-state index in [4.69, 9.17) is 27.9 Å². The predicted molar refractivity (Wildman–Crippen MR) is 82.5 cm³/mol. The molecule has 0 saturated heterocycles. The van der Waals surface area contributed by atoms with Gasteiger partial charge in [-0.15, -0.1) is 10.2 Å². The van der Waals surface area contributed by atoms with E-state index >= 15 is 0 Å². The van der Waals surface area contributed by atoms with Crippen LogP contribution in [0.4, 0.5) is 0 Å². The summed E-state index contributed by atoms with van der Waals surface area (Å²) in [5.74, 6) is 0.146. The topological polar surface area (TPSA) is 52.1 Å². The van der Waals surface area contributed by atoms with E-state index in [1.165, 1.54) is 30.0 Å². The van der Waals surface area contributed by atoms with Crippen LogP contribution in [0.3, 0.4) is 0 Å². The van der Waals surface area contributed by atoms with Crippen molar-refractivity contribution in [3.63, 3.8) is 0 Å². The van der Waals surface area contributed by atoms with E-state index in [0.29, 0.717) is 15.6 Å². The average Bonchev–Trinajstić information content (AvgIpc) is 2.88. The molecule has 0 aliphatic carbocycles. The van der Waals surface area contributed by atoms with Gasteiger partial charge in [0.15, 0.2) is 20.9 Å². The lowest BCUT2D eigenvalue weighted by molar-refractivity contribution is 0.101. The van der Waals surface area contributed by atoms with Gasteiger partial charge in [-0.2, -0.15) is 0 Å². The van der Waals surface area contributed by atoms with Gasteiger partial charge in [0, 0.05) is 0 Å². The maximum Gasteiger partial charge on any atom is 0.174 e. The number of carbonyl (C=O) groups excluding carboxylic acids is 1. The number of hydrogen-bond donors (Lipinski definition) is 0. The van der Waals surface area contributed by atoms with Gasteiger partial charge in [0.05, 0.1) is 10.6 Å². The molecular weight excluding hydrogens is 339 g/mol. The molecule has 1 aromatic carbocycles. The summed E-state index contributed by atoms with van der Waals surface area (Å²) in [6.07, 6.45) is 1.92. The largest absolute Gasteiger partial charge is 0.484 e. The van der Waals surface area contributed by atoms with Crippen molar-refractivity contribution in [1.82, 2.24) is 10.2 Å². The van der Waals surface area contributed by atoms with E-state index in [0.717, 1.165) is 4.34 Å². The van der Waals surface area contributed by atoms with E-state index in [2.05, 4.69) is 10.2 Å². The van der Waals surface area contributed by atoms with Crippen LogP contribution in [0.1, 0.15) is 22.3 Å². The number of carbonyl (C=O) groups is 1. The number of aromatic nitrogens is 2. The first-order chi connectivity index (χ1) is 9.52. The van der Waals surface area contributed by atoms with Gasteiger partial charge in [-0.3, -0.25) is 4.79 Å². The summed E-state index contributed by atoms with van der Waals surface area (Å²) < 4.78 is 6.47. The molecule has 20 heavy (non-hydrogen) atoms. The Kier molecular flexibility index (Phi) is 5.26. The molecule has 8 heteroatoms. The summed E-state index contributed by atoms with van der Waals surface area (Å²) in [6, 6.07) is 3.17. The zero-order valence-corrected chi connectivity index (χ0v) is 13.8. The standard InChI is InChI=1S/C12H10Cl2N2O2S2/c1-6(17)7-3-4-8(13)10(14)11(7)18-5-9-15-16-12(19-2)20-9/h3-4H,5H2,1-2H3. The van der Waals surface area contributed by atoms with Crippen LogP contribution in [0.15, 0.2) is 16.5 Å². The fourth-order valence-electron chi connectivity index (χ4n) is 1.46. The van der Waals surface area contributed by atoms with Gasteiger partial charge >= 0.3 is 0 Å². The van der Waals surface area contributed by atoms with Gasteiger partial charge in [-0.05, 0) is 25.3 Å². The molecule has 106 valence electrons. The molecule has 0 unspecified atom stereocenters. The monoisotopic (exact) mass is 348 g/mol. The first-order valence-corrected chi connectivity index (χ1v) is 8.30. The highest BCUT2D eigenvalue weighted by atomic mass is 35.5. The number of thioether (sulfide) groups is 1. The maximum absolute atomic E-state index is 11.6. The molecule has 1 aromatic heterocycles. The van der Waals surface area contributed by atoms with Gasteiger partial charge in [0.2, 0.25) is 0 Å². The molecular formula is C12H10Cl2N2O2S2. The van der Waals surface area contributed by atoms with Gasteiger partial charge in [0.1, 0.15) is 11.6 Å². The Bertz CT molecular complexity index is 646. The lowest BCUT2D eigenvalue weighted by Gasteiger charge is -2.11. The first-order valence-electron chi connectivity index (χ1n) is 5.51. The average molecular weight is 349 g/mol. The molecule has 0 radical (unpaired) electrons.